The number of phenolic OH excluding ortho intramolecular Hbond substituents is 1. The van der Waals surface area contributed by atoms with Crippen molar-refractivity contribution in [2.75, 3.05) is 13.1 Å². The molecule has 4 heterocycles. The lowest BCUT2D eigenvalue weighted by molar-refractivity contribution is -0.141. The normalized spacial score (nSPS) is 14.9. The highest BCUT2D eigenvalue weighted by molar-refractivity contribution is 5.97. The van der Waals surface area contributed by atoms with Crippen molar-refractivity contribution in [3.8, 4) is 28.6 Å². The van der Waals surface area contributed by atoms with E-state index < -0.39 is 30.8 Å². The first-order valence-electron chi connectivity index (χ1n) is 11.8. The molecule has 1 saturated heterocycles. The summed E-state index contributed by atoms with van der Waals surface area (Å²) in [4.78, 5) is 22.6. The number of rotatable bonds is 6. The van der Waals surface area contributed by atoms with Gasteiger partial charge in [0.2, 0.25) is 5.65 Å². The number of aromatic nitrogens is 5. The minimum atomic E-state index is -4.83. The van der Waals surface area contributed by atoms with Crippen LogP contribution in [0.5, 0.6) is 17.4 Å². The molecule has 0 radical (unpaired) electrons. The molecule has 5 rings (SSSR count). The number of halogens is 3. The van der Waals surface area contributed by atoms with E-state index in [1.54, 1.807) is 0 Å². The summed E-state index contributed by atoms with van der Waals surface area (Å²) >= 11 is 0. The molecule has 0 unspecified atom stereocenters. The van der Waals surface area contributed by atoms with Crippen molar-refractivity contribution < 1.29 is 43.1 Å². The van der Waals surface area contributed by atoms with E-state index in [1.165, 1.54) is 46.1 Å². The molecule has 0 aliphatic carbocycles. The Morgan fingerprint density at radius 1 is 1.18 bits per heavy atom. The molecule has 39 heavy (non-hydrogen) atoms. The largest absolute Gasteiger partial charge is 0.507 e. The average Bonchev–Trinajstić information content (AvgIpc) is 3.48. The number of imidazole rings is 1. The molecule has 206 valence electrons. The summed E-state index contributed by atoms with van der Waals surface area (Å²) in [7, 11) is 0. The fourth-order valence-corrected chi connectivity index (χ4v) is 4.35. The number of carbonyl (C=O) groups excluding carboxylic acids is 1. The molecule has 15 heteroatoms. The van der Waals surface area contributed by atoms with E-state index in [0.29, 0.717) is 25.9 Å². The van der Waals surface area contributed by atoms with Gasteiger partial charge >= 0.3 is 6.18 Å². The molecule has 1 aliphatic heterocycles. The third-order valence-corrected chi connectivity index (χ3v) is 6.22. The number of aromatic hydroxyl groups is 1. The van der Waals surface area contributed by atoms with E-state index in [-0.39, 0.29) is 45.8 Å². The molecule has 0 bridgehead atoms. The van der Waals surface area contributed by atoms with Crippen molar-refractivity contribution >= 4 is 11.6 Å². The first-order chi connectivity index (χ1) is 18.5. The summed E-state index contributed by atoms with van der Waals surface area (Å²) in [5.74, 6) is -0.713. The summed E-state index contributed by atoms with van der Waals surface area (Å²) in [5.41, 5.74) is -1.48. The van der Waals surface area contributed by atoms with Crippen LogP contribution >= 0.6 is 0 Å². The van der Waals surface area contributed by atoms with E-state index in [1.807, 2.05) is 0 Å². The van der Waals surface area contributed by atoms with Gasteiger partial charge in [-0.25, -0.2) is 9.97 Å². The Morgan fingerprint density at radius 2 is 1.92 bits per heavy atom. The van der Waals surface area contributed by atoms with Gasteiger partial charge in [0.1, 0.15) is 11.5 Å². The molecule has 1 amide bonds. The minimum Gasteiger partial charge on any atom is -0.507 e. The van der Waals surface area contributed by atoms with Crippen molar-refractivity contribution in [1.82, 2.24) is 29.0 Å². The number of aliphatic hydroxyl groups is 3. The van der Waals surface area contributed by atoms with Gasteiger partial charge in [-0.3, -0.25) is 13.9 Å². The first kappa shape index (κ1) is 26.4. The van der Waals surface area contributed by atoms with E-state index in [2.05, 4.69) is 15.1 Å². The SMILES string of the molecule is O=C(c1ccc(Oc2nccn3c(-c4cn(CC(O)O)nc4C(F)(F)F)cnc23)cc1O)N1CCC(O)CC1. The van der Waals surface area contributed by atoms with Crippen LogP contribution in [0.1, 0.15) is 28.9 Å². The van der Waals surface area contributed by atoms with Crippen LogP contribution in [0.4, 0.5) is 13.2 Å². The second kappa shape index (κ2) is 10.2. The molecule has 0 spiro atoms. The third kappa shape index (κ3) is 5.36. The number of amides is 1. The Labute approximate surface area is 218 Å². The first-order valence-corrected chi connectivity index (χ1v) is 11.8. The highest BCUT2D eigenvalue weighted by Crippen LogP contribution is 2.37. The van der Waals surface area contributed by atoms with Crippen molar-refractivity contribution in [1.29, 1.82) is 0 Å². The third-order valence-electron chi connectivity index (χ3n) is 6.22. The number of hydrogen-bond donors (Lipinski definition) is 4. The molecule has 12 nitrogen and oxygen atoms in total. The Hall–Kier alpha value is -4.21. The molecule has 0 saturated carbocycles. The maximum absolute atomic E-state index is 13.7. The summed E-state index contributed by atoms with van der Waals surface area (Å²) < 4.78 is 48.9. The second-order valence-electron chi connectivity index (χ2n) is 8.97. The van der Waals surface area contributed by atoms with Crippen molar-refractivity contribution in [2.45, 2.75) is 38.0 Å². The zero-order valence-electron chi connectivity index (χ0n) is 20.2. The number of likely N-dealkylation sites (tertiary alicyclic amines) is 1. The van der Waals surface area contributed by atoms with Crippen LogP contribution in [0.25, 0.3) is 16.9 Å². The summed E-state index contributed by atoms with van der Waals surface area (Å²) in [6.07, 6.45) is -1.44. The van der Waals surface area contributed by atoms with Gasteiger partial charge in [0.15, 0.2) is 12.0 Å². The van der Waals surface area contributed by atoms with Gasteiger partial charge in [-0.15, -0.1) is 0 Å². The van der Waals surface area contributed by atoms with Gasteiger partial charge in [-0.1, -0.05) is 0 Å². The number of ether oxygens (including phenoxy) is 1. The second-order valence-corrected chi connectivity index (χ2v) is 8.97. The van der Waals surface area contributed by atoms with Gasteiger partial charge in [0.05, 0.1) is 35.7 Å². The fraction of sp³-hybridized carbons (Fsp3) is 0.333. The van der Waals surface area contributed by atoms with E-state index >= 15 is 0 Å². The molecule has 1 aromatic carbocycles. The molecule has 3 aromatic heterocycles. The van der Waals surface area contributed by atoms with Crippen LogP contribution in [0.3, 0.4) is 0 Å². The predicted molar refractivity (Wildman–Crippen MR) is 127 cm³/mol. The summed E-state index contributed by atoms with van der Waals surface area (Å²) in [6, 6.07) is 4.04. The smallest absolute Gasteiger partial charge is 0.435 e. The van der Waals surface area contributed by atoms with Crippen LogP contribution in [-0.4, -0.2) is 80.9 Å². The van der Waals surface area contributed by atoms with Gasteiger partial charge in [0, 0.05) is 37.7 Å². The Morgan fingerprint density at radius 3 is 2.59 bits per heavy atom. The number of alkyl halides is 3. The summed E-state index contributed by atoms with van der Waals surface area (Å²) in [6.45, 7) is 0.153. The minimum absolute atomic E-state index is 0.00121. The van der Waals surface area contributed by atoms with Crippen LogP contribution in [0.2, 0.25) is 0 Å². The van der Waals surface area contributed by atoms with Crippen LogP contribution < -0.4 is 4.74 Å². The monoisotopic (exact) mass is 548 g/mol. The van der Waals surface area contributed by atoms with Crippen molar-refractivity contribution in [3.63, 3.8) is 0 Å². The van der Waals surface area contributed by atoms with Gasteiger partial charge in [-0.2, -0.15) is 18.3 Å². The zero-order chi connectivity index (χ0) is 27.9. The Kier molecular flexibility index (Phi) is 6.88. The highest BCUT2D eigenvalue weighted by atomic mass is 19.4. The predicted octanol–water partition coefficient (Wildman–Crippen LogP) is 2.02. The standard InChI is InChI=1S/C24H23F3N6O6/c25-24(26,27)20-16(11-32(30-20)12-19(36)37)17-10-29-21-22(28-5-8-33(17)21)39-14-1-2-15(18(35)9-14)23(38)31-6-3-13(34)4-7-31/h1-2,5,8-11,13,19,34-37H,3-4,6-7,12H2. The van der Waals surface area contributed by atoms with Crippen LogP contribution in [0, 0.1) is 0 Å². The quantitative estimate of drug-likeness (QED) is 0.265. The maximum atomic E-state index is 13.7. The number of benzene rings is 1. The van der Waals surface area contributed by atoms with E-state index in [4.69, 9.17) is 14.9 Å². The number of piperidine rings is 1. The van der Waals surface area contributed by atoms with Crippen molar-refractivity contribution in [3.05, 3.63) is 54.2 Å². The molecule has 4 aromatic rings. The molecule has 1 fully saturated rings. The lowest BCUT2D eigenvalue weighted by Gasteiger charge is -2.29. The molecule has 1 aliphatic rings. The Balaban J connectivity index is 1.43. The molecule has 4 N–H and O–H groups in total. The molecular weight excluding hydrogens is 525 g/mol. The number of hydrogen-bond acceptors (Lipinski definition) is 9. The topological polar surface area (TPSA) is 158 Å². The van der Waals surface area contributed by atoms with Gasteiger partial charge < -0.3 is 30.1 Å². The number of aliphatic hydroxyl groups excluding tert-OH is 2. The van der Waals surface area contributed by atoms with E-state index in [0.717, 1.165) is 10.9 Å². The fourth-order valence-electron chi connectivity index (χ4n) is 4.35. The maximum Gasteiger partial charge on any atom is 0.435 e. The van der Waals surface area contributed by atoms with Gasteiger partial charge in [0.25, 0.3) is 11.8 Å². The van der Waals surface area contributed by atoms with Crippen LogP contribution in [0.15, 0.2) is 43.0 Å². The molecular formula is C24H23F3N6O6. The van der Waals surface area contributed by atoms with Gasteiger partial charge in [-0.05, 0) is 25.0 Å². The number of fused-ring (bicyclic) bond motifs is 1. The summed E-state index contributed by atoms with van der Waals surface area (Å²) in [5, 5.41) is 41.9. The lowest BCUT2D eigenvalue weighted by Crippen LogP contribution is -2.40. The van der Waals surface area contributed by atoms with Crippen LogP contribution in [-0.2, 0) is 12.7 Å². The highest BCUT2D eigenvalue weighted by Gasteiger charge is 2.38. The van der Waals surface area contributed by atoms with E-state index in [9.17, 15) is 28.2 Å². The average molecular weight is 548 g/mol. The number of phenols is 1. The Bertz CT molecular complexity index is 1510. The zero-order valence-corrected chi connectivity index (χ0v) is 20.2. The number of nitrogens with zero attached hydrogens (tertiary/aromatic N) is 6. The lowest BCUT2D eigenvalue weighted by atomic mass is 10.1. The van der Waals surface area contributed by atoms with Crippen molar-refractivity contribution in [2.24, 2.45) is 0 Å². The molecule has 0 atom stereocenters. The number of carbonyl (C=O) groups is 1.